The van der Waals surface area contributed by atoms with E-state index < -0.39 is 0 Å². The average molecular weight is 204 g/mol. The predicted molar refractivity (Wildman–Crippen MR) is 61.3 cm³/mol. The number of anilines is 1. The van der Waals surface area contributed by atoms with E-state index in [0.717, 1.165) is 11.3 Å². The van der Waals surface area contributed by atoms with Gasteiger partial charge in [0.25, 0.3) is 0 Å². The van der Waals surface area contributed by atoms with E-state index in [1.807, 2.05) is 6.20 Å². The molecule has 2 rings (SSSR count). The topological polar surface area (TPSA) is 38.9 Å². The number of benzene rings is 1. The predicted octanol–water partition coefficient (Wildman–Crippen LogP) is 2.95. The molecule has 2 aromatic rings. The fraction of sp³-hybridized carbons (Fsp3) is 0.182. The van der Waals surface area contributed by atoms with E-state index in [1.54, 1.807) is 0 Å². The first-order chi connectivity index (χ1) is 6.79. The second-order valence-corrected chi connectivity index (χ2v) is 4.18. The molecule has 1 aromatic heterocycles. The molecule has 3 heteroatoms. The normalized spacial score (nSPS) is 10.4. The summed E-state index contributed by atoms with van der Waals surface area (Å²) in [4.78, 5) is 5.16. The van der Waals surface area contributed by atoms with E-state index in [1.165, 1.54) is 22.5 Å². The van der Waals surface area contributed by atoms with Crippen molar-refractivity contribution in [1.82, 2.24) is 4.98 Å². The van der Waals surface area contributed by atoms with Gasteiger partial charge in [0.2, 0.25) is 0 Å². The van der Waals surface area contributed by atoms with Crippen LogP contribution < -0.4 is 5.73 Å². The Hall–Kier alpha value is -1.35. The van der Waals surface area contributed by atoms with Gasteiger partial charge in [0.1, 0.15) is 0 Å². The van der Waals surface area contributed by atoms with Crippen molar-refractivity contribution < 1.29 is 0 Å². The molecule has 0 aliphatic rings. The molecule has 0 aliphatic heterocycles. The van der Waals surface area contributed by atoms with Crippen molar-refractivity contribution in [2.24, 2.45) is 0 Å². The largest absolute Gasteiger partial charge is 0.375 e. The maximum Gasteiger partial charge on any atom is 0.180 e. The van der Waals surface area contributed by atoms with Crippen LogP contribution in [-0.4, -0.2) is 4.98 Å². The second-order valence-electron chi connectivity index (χ2n) is 3.11. The number of hydrogen-bond donors (Lipinski definition) is 1. The van der Waals surface area contributed by atoms with Gasteiger partial charge in [-0.2, -0.15) is 0 Å². The molecule has 1 aromatic carbocycles. The summed E-state index contributed by atoms with van der Waals surface area (Å²) in [5, 5.41) is 0.625. The second kappa shape index (κ2) is 3.80. The maximum atomic E-state index is 5.58. The van der Waals surface area contributed by atoms with E-state index >= 15 is 0 Å². The number of nitrogens with zero attached hydrogens (tertiary/aromatic N) is 1. The van der Waals surface area contributed by atoms with Crippen LogP contribution >= 0.6 is 11.3 Å². The van der Waals surface area contributed by atoms with Gasteiger partial charge in [-0.1, -0.05) is 42.5 Å². The third-order valence-corrected chi connectivity index (χ3v) is 3.05. The number of thiazole rings is 1. The minimum Gasteiger partial charge on any atom is -0.375 e. The summed E-state index contributed by atoms with van der Waals surface area (Å²) in [6.45, 7) is 2.15. The van der Waals surface area contributed by atoms with E-state index in [-0.39, 0.29) is 0 Å². The number of nitrogen functional groups attached to an aromatic ring is 1. The summed E-state index contributed by atoms with van der Waals surface area (Å²) in [7, 11) is 0. The van der Waals surface area contributed by atoms with E-state index in [0.29, 0.717) is 5.13 Å². The molecular formula is C11H12N2S. The molecular weight excluding hydrogens is 192 g/mol. The zero-order valence-electron chi connectivity index (χ0n) is 8.03. The Bertz CT molecular complexity index is 417. The standard InChI is InChI=1S/C11H12N2S/c1-2-8-3-5-9(6-4-8)10-7-13-11(12)14-10/h3-7H,2H2,1H3,(H2,12,13). The summed E-state index contributed by atoms with van der Waals surface area (Å²) >= 11 is 1.52. The van der Waals surface area contributed by atoms with E-state index in [9.17, 15) is 0 Å². The molecule has 0 unspecified atom stereocenters. The zero-order chi connectivity index (χ0) is 9.97. The van der Waals surface area contributed by atoms with Crippen molar-refractivity contribution in [3.8, 4) is 10.4 Å². The minimum absolute atomic E-state index is 0.625. The van der Waals surface area contributed by atoms with Crippen molar-refractivity contribution in [1.29, 1.82) is 0 Å². The SMILES string of the molecule is CCc1ccc(-c2cnc(N)s2)cc1. The Labute approximate surface area is 87.4 Å². The van der Waals surface area contributed by atoms with Gasteiger partial charge in [0, 0.05) is 6.20 Å². The summed E-state index contributed by atoms with van der Waals surface area (Å²) in [5.41, 5.74) is 8.12. The lowest BCUT2D eigenvalue weighted by molar-refractivity contribution is 1.14. The number of rotatable bonds is 2. The first-order valence-corrected chi connectivity index (χ1v) is 5.42. The Morgan fingerprint density at radius 1 is 1.29 bits per heavy atom. The van der Waals surface area contributed by atoms with Crippen LogP contribution in [0.25, 0.3) is 10.4 Å². The van der Waals surface area contributed by atoms with Gasteiger partial charge in [0.15, 0.2) is 5.13 Å². The van der Waals surface area contributed by atoms with Gasteiger partial charge in [-0.3, -0.25) is 0 Å². The highest BCUT2D eigenvalue weighted by atomic mass is 32.1. The minimum atomic E-state index is 0.625. The number of aromatic nitrogens is 1. The van der Waals surface area contributed by atoms with Gasteiger partial charge in [-0.25, -0.2) is 4.98 Å². The fourth-order valence-corrected chi connectivity index (χ4v) is 2.02. The third-order valence-electron chi connectivity index (χ3n) is 2.17. The first-order valence-electron chi connectivity index (χ1n) is 4.60. The highest BCUT2D eigenvalue weighted by Gasteiger charge is 2.01. The molecule has 0 bridgehead atoms. The molecule has 1 heterocycles. The summed E-state index contributed by atoms with van der Waals surface area (Å²) in [5.74, 6) is 0. The van der Waals surface area contributed by atoms with E-state index in [4.69, 9.17) is 5.73 Å². The number of aryl methyl sites for hydroxylation is 1. The van der Waals surface area contributed by atoms with Gasteiger partial charge in [-0.05, 0) is 17.5 Å². The van der Waals surface area contributed by atoms with Gasteiger partial charge in [0.05, 0.1) is 4.88 Å². The van der Waals surface area contributed by atoms with Gasteiger partial charge >= 0.3 is 0 Å². The van der Waals surface area contributed by atoms with Gasteiger partial charge < -0.3 is 5.73 Å². The number of hydrogen-bond acceptors (Lipinski definition) is 3. The van der Waals surface area contributed by atoms with Crippen LogP contribution in [0.4, 0.5) is 5.13 Å². The Morgan fingerprint density at radius 2 is 2.00 bits per heavy atom. The summed E-state index contributed by atoms with van der Waals surface area (Å²) < 4.78 is 0. The number of nitrogens with two attached hydrogens (primary N) is 1. The molecule has 72 valence electrons. The van der Waals surface area contributed by atoms with Crippen molar-refractivity contribution >= 4 is 16.5 Å². The molecule has 14 heavy (non-hydrogen) atoms. The highest BCUT2D eigenvalue weighted by molar-refractivity contribution is 7.18. The van der Waals surface area contributed by atoms with Crippen LogP contribution in [0, 0.1) is 0 Å². The third kappa shape index (κ3) is 1.77. The van der Waals surface area contributed by atoms with Crippen LogP contribution in [0.5, 0.6) is 0 Å². The van der Waals surface area contributed by atoms with Crippen molar-refractivity contribution in [3.05, 3.63) is 36.0 Å². The Balaban J connectivity index is 2.33. The van der Waals surface area contributed by atoms with Crippen molar-refractivity contribution in [3.63, 3.8) is 0 Å². The smallest absolute Gasteiger partial charge is 0.180 e. The van der Waals surface area contributed by atoms with E-state index in [2.05, 4.69) is 36.2 Å². The first kappa shape index (κ1) is 9.21. The molecule has 2 N–H and O–H groups in total. The van der Waals surface area contributed by atoms with Gasteiger partial charge in [-0.15, -0.1) is 0 Å². The zero-order valence-corrected chi connectivity index (χ0v) is 8.84. The molecule has 0 aliphatic carbocycles. The average Bonchev–Trinajstić information content (AvgIpc) is 2.65. The molecule has 0 spiro atoms. The monoisotopic (exact) mass is 204 g/mol. The lowest BCUT2D eigenvalue weighted by Crippen LogP contribution is -1.78. The van der Waals surface area contributed by atoms with Crippen LogP contribution in [0.1, 0.15) is 12.5 Å². The Kier molecular flexibility index (Phi) is 2.50. The van der Waals surface area contributed by atoms with Crippen LogP contribution in [-0.2, 0) is 6.42 Å². The Morgan fingerprint density at radius 3 is 2.50 bits per heavy atom. The lowest BCUT2D eigenvalue weighted by Gasteiger charge is -1.98. The molecule has 2 nitrogen and oxygen atoms in total. The molecule has 0 radical (unpaired) electrons. The molecule has 0 fully saturated rings. The van der Waals surface area contributed by atoms with Crippen LogP contribution in [0.15, 0.2) is 30.5 Å². The molecule has 0 saturated heterocycles. The van der Waals surface area contributed by atoms with Crippen LogP contribution in [0.3, 0.4) is 0 Å². The lowest BCUT2D eigenvalue weighted by atomic mass is 10.1. The molecule has 0 saturated carbocycles. The quantitative estimate of drug-likeness (QED) is 0.816. The summed E-state index contributed by atoms with van der Waals surface area (Å²) in [6, 6.07) is 8.52. The van der Waals surface area contributed by atoms with Crippen LogP contribution in [0.2, 0.25) is 0 Å². The highest BCUT2D eigenvalue weighted by Crippen LogP contribution is 2.27. The maximum absolute atomic E-state index is 5.58. The summed E-state index contributed by atoms with van der Waals surface area (Å²) in [6.07, 6.45) is 2.89. The van der Waals surface area contributed by atoms with Crippen molar-refractivity contribution in [2.75, 3.05) is 5.73 Å². The molecule has 0 amide bonds. The molecule has 0 atom stereocenters. The van der Waals surface area contributed by atoms with Crippen molar-refractivity contribution in [2.45, 2.75) is 13.3 Å². The fourth-order valence-electron chi connectivity index (χ4n) is 1.33.